The summed E-state index contributed by atoms with van der Waals surface area (Å²) in [6, 6.07) is 70.5. The van der Waals surface area contributed by atoms with Crippen molar-refractivity contribution in [3.63, 3.8) is 0 Å². The average molecular weight is 759 g/mol. The second-order valence-corrected chi connectivity index (χ2v) is 16.7. The van der Waals surface area contributed by atoms with E-state index in [1.807, 2.05) is 0 Å². The average Bonchev–Trinajstić information content (AvgIpc) is 3.32. The molecule has 278 valence electrons. The van der Waals surface area contributed by atoms with Crippen LogP contribution in [0, 0.1) is 0 Å². The first-order valence-corrected chi connectivity index (χ1v) is 21.2. The van der Waals surface area contributed by atoms with E-state index in [9.17, 15) is 0 Å². The molecule has 0 N–H and O–H groups in total. The fourth-order valence-electron chi connectivity index (χ4n) is 10.5. The van der Waals surface area contributed by atoms with E-state index >= 15 is 0 Å². The maximum absolute atomic E-state index is 2.43. The van der Waals surface area contributed by atoms with Crippen LogP contribution >= 0.6 is 0 Å². The zero-order valence-electron chi connectivity index (χ0n) is 33.0. The van der Waals surface area contributed by atoms with E-state index < -0.39 is 0 Å². The Balaban J connectivity index is 0.797. The SMILES string of the molecule is C1=Cc2ccc3c(-c4ccc(-c5ccc(-c6ccc(-c7ccc8ccc9c(-c%10ccc%11ccccc%11c%10)ccc%10ccc7c8c%109)cc6)cc5)cc4)ccc4c3c2C(=CC4)C1. The van der Waals surface area contributed by atoms with Gasteiger partial charge in [-0.15, -0.1) is 0 Å². The molecule has 60 heavy (non-hydrogen) atoms. The Kier molecular flexibility index (Phi) is 7.23. The molecule has 0 spiro atoms. The van der Waals surface area contributed by atoms with Gasteiger partial charge in [0.25, 0.3) is 0 Å². The van der Waals surface area contributed by atoms with Crippen LogP contribution in [0.1, 0.15) is 23.1 Å². The highest BCUT2D eigenvalue weighted by Gasteiger charge is 2.21. The van der Waals surface area contributed by atoms with Gasteiger partial charge in [0.15, 0.2) is 0 Å². The summed E-state index contributed by atoms with van der Waals surface area (Å²) < 4.78 is 0. The van der Waals surface area contributed by atoms with Gasteiger partial charge in [-0.1, -0.05) is 200 Å². The van der Waals surface area contributed by atoms with Gasteiger partial charge in [0, 0.05) is 0 Å². The first kappa shape index (κ1) is 33.4. The molecular formula is C60H38. The fraction of sp³-hybridized carbons (Fsp3) is 0.0333. The standard InChI is InChI=1S/C60H38/c1-2-5-49-36-50(23-16-37(49)4-1)53-32-26-48-28-34-55-52(31-25-47-29-35-56(53)60(48)59(47)55)43-19-14-41(15-20-43)39-10-8-38(9-11-39)40-12-17-42(18-13-40)51-30-24-46-22-21-44-6-3-7-45-27-33-54(51)58(46)57(44)45/h1-5,7-21,23-36H,6,22H2. The monoisotopic (exact) mass is 758 g/mol. The molecular weight excluding hydrogens is 721 g/mol. The smallest absolute Gasteiger partial charge is 0.00203 e. The molecule has 0 fully saturated rings. The van der Waals surface area contributed by atoms with E-state index in [0.29, 0.717) is 0 Å². The third-order valence-electron chi connectivity index (χ3n) is 13.5. The molecule has 0 aliphatic heterocycles. The van der Waals surface area contributed by atoms with E-state index in [1.54, 1.807) is 0 Å². The van der Waals surface area contributed by atoms with E-state index in [-0.39, 0.29) is 0 Å². The van der Waals surface area contributed by atoms with Crippen LogP contribution in [-0.2, 0) is 6.42 Å². The summed E-state index contributed by atoms with van der Waals surface area (Å²) in [6.45, 7) is 0. The molecule has 0 saturated heterocycles. The van der Waals surface area contributed by atoms with Gasteiger partial charge >= 0.3 is 0 Å². The van der Waals surface area contributed by atoms with E-state index in [2.05, 4.69) is 206 Å². The van der Waals surface area contributed by atoms with Gasteiger partial charge in [-0.05, 0) is 151 Å². The lowest BCUT2D eigenvalue weighted by Gasteiger charge is -2.24. The number of rotatable bonds is 5. The highest BCUT2D eigenvalue weighted by molar-refractivity contribution is 6.27. The molecule has 0 heterocycles. The Morgan fingerprint density at radius 1 is 0.317 bits per heavy atom. The molecule has 0 nitrogen and oxygen atoms in total. The summed E-state index contributed by atoms with van der Waals surface area (Å²) in [5.41, 5.74) is 18.2. The van der Waals surface area contributed by atoms with Crippen LogP contribution in [0.3, 0.4) is 0 Å². The summed E-state index contributed by atoms with van der Waals surface area (Å²) in [5, 5.41) is 13.2. The Morgan fingerprint density at radius 3 is 1.40 bits per heavy atom. The van der Waals surface area contributed by atoms with Crippen LogP contribution in [-0.4, -0.2) is 0 Å². The van der Waals surface area contributed by atoms with Crippen LogP contribution in [0.2, 0.25) is 0 Å². The largest absolute Gasteiger partial charge is 0.0795 e. The second-order valence-electron chi connectivity index (χ2n) is 16.7. The van der Waals surface area contributed by atoms with Gasteiger partial charge in [0.05, 0.1) is 0 Å². The van der Waals surface area contributed by atoms with Crippen molar-refractivity contribution in [1.82, 2.24) is 0 Å². The van der Waals surface area contributed by atoms with Gasteiger partial charge in [-0.2, -0.15) is 0 Å². The zero-order chi connectivity index (χ0) is 39.3. The molecule has 11 aromatic carbocycles. The quantitative estimate of drug-likeness (QED) is 0.153. The van der Waals surface area contributed by atoms with Crippen molar-refractivity contribution >= 4 is 65.5 Å². The first-order valence-electron chi connectivity index (χ1n) is 21.2. The van der Waals surface area contributed by atoms with Crippen molar-refractivity contribution < 1.29 is 0 Å². The summed E-state index contributed by atoms with van der Waals surface area (Å²) in [6.07, 6.45) is 9.07. The molecule has 0 unspecified atom stereocenters. The zero-order valence-corrected chi connectivity index (χ0v) is 33.0. The summed E-state index contributed by atoms with van der Waals surface area (Å²) in [5.74, 6) is 0. The molecule has 0 bridgehead atoms. The Morgan fingerprint density at radius 2 is 0.783 bits per heavy atom. The minimum Gasteiger partial charge on any atom is -0.0795 e. The van der Waals surface area contributed by atoms with Crippen molar-refractivity contribution in [2.24, 2.45) is 0 Å². The summed E-state index contributed by atoms with van der Waals surface area (Å²) >= 11 is 0. The van der Waals surface area contributed by atoms with Crippen molar-refractivity contribution in [3.8, 4) is 55.6 Å². The predicted molar refractivity (Wildman–Crippen MR) is 258 cm³/mol. The lowest BCUT2D eigenvalue weighted by atomic mass is 9.80. The Labute approximate surface area is 349 Å². The van der Waals surface area contributed by atoms with Crippen LogP contribution in [0.4, 0.5) is 0 Å². The molecule has 0 radical (unpaired) electrons. The molecule has 0 saturated carbocycles. The second kappa shape index (κ2) is 13.0. The topological polar surface area (TPSA) is 0 Å². The van der Waals surface area contributed by atoms with Crippen molar-refractivity contribution in [3.05, 3.63) is 217 Å². The lowest BCUT2D eigenvalue weighted by molar-refractivity contribution is 1.23. The summed E-state index contributed by atoms with van der Waals surface area (Å²) in [7, 11) is 0. The maximum Gasteiger partial charge on any atom is -0.00203 e. The number of hydrogen-bond donors (Lipinski definition) is 0. The van der Waals surface area contributed by atoms with Gasteiger partial charge < -0.3 is 0 Å². The minimum atomic E-state index is 1.02. The van der Waals surface area contributed by atoms with Crippen LogP contribution in [0.15, 0.2) is 200 Å². The van der Waals surface area contributed by atoms with E-state index in [1.165, 1.54) is 132 Å². The predicted octanol–water partition coefficient (Wildman–Crippen LogP) is 16.6. The Hall–Kier alpha value is -7.54. The number of benzene rings is 11. The summed E-state index contributed by atoms with van der Waals surface area (Å²) in [4.78, 5) is 0. The van der Waals surface area contributed by atoms with Crippen LogP contribution in [0.25, 0.3) is 121 Å². The van der Waals surface area contributed by atoms with Crippen molar-refractivity contribution in [2.45, 2.75) is 12.8 Å². The third-order valence-corrected chi connectivity index (χ3v) is 13.5. The van der Waals surface area contributed by atoms with Gasteiger partial charge in [-0.25, -0.2) is 0 Å². The number of allylic oxidation sites excluding steroid dienone is 3. The normalized spacial score (nSPS) is 13.2. The molecule has 0 heteroatoms. The van der Waals surface area contributed by atoms with Crippen molar-refractivity contribution in [2.75, 3.05) is 0 Å². The highest BCUT2D eigenvalue weighted by Crippen LogP contribution is 2.45. The van der Waals surface area contributed by atoms with E-state index in [4.69, 9.17) is 0 Å². The van der Waals surface area contributed by atoms with Crippen molar-refractivity contribution in [1.29, 1.82) is 0 Å². The Bertz CT molecular complexity index is 3600. The molecule has 2 aliphatic carbocycles. The molecule has 0 amide bonds. The van der Waals surface area contributed by atoms with E-state index in [0.717, 1.165) is 12.8 Å². The third kappa shape index (κ3) is 5.11. The van der Waals surface area contributed by atoms with Crippen LogP contribution in [0.5, 0.6) is 0 Å². The number of fused-ring (bicyclic) bond motifs is 1. The lowest BCUT2D eigenvalue weighted by Crippen LogP contribution is -2.03. The van der Waals surface area contributed by atoms with Gasteiger partial charge in [0.1, 0.15) is 0 Å². The molecule has 0 atom stereocenters. The molecule has 13 rings (SSSR count). The fourth-order valence-corrected chi connectivity index (χ4v) is 10.5. The number of hydrogen-bond acceptors (Lipinski definition) is 0. The minimum absolute atomic E-state index is 1.02. The molecule has 11 aromatic rings. The first-order chi connectivity index (χ1) is 29.7. The van der Waals surface area contributed by atoms with Gasteiger partial charge in [0.2, 0.25) is 0 Å². The molecule has 2 aliphatic rings. The molecule has 0 aromatic heterocycles. The van der Waals surface area contributed by atoms with Gasteiger partial charge in [-0.3, -0.25) is 0 Å². The van der Waals surface area contributed by atoms with Crippen LogP contribution < -0.4 is 0 Å². The highest BCUT2D eigenvalue weighted by atomic mass is 14.3. The maximum atomic E-state index is 2.43.